The largest absolute Gasteiger partial charge is 0.479 e. The molecule has 10 N–H and O–H groups in total. The van der Waals surface area contributed by atoms with E-state index in [4.69, 9.17) is 28.4 Å². The lowest BCUT2D eigenvalue weighted by Gasteiger charge is -2.72. The molecule has 18 heteroatoms. The highest BCUT2D eigenvalue weighted by Gasteiger charge is 2.74. The van der Waals surface area contributed by atoms with Crippen molar-refractivity contribution < 1.29 is 89.1 Å². The second-order valence-corrected chi connectivity index (χ2v) is 22.4. The van der Waals surface area contributed by atoms with Crippen LogP contribution in [-0.4, -0.2) is 168 Å². The van der Waals surface area contributed by atoms with Crippen molar-refractivity contribution in [2.45, 2.75) is 186 Å². The van der Waals surface area contributed by atoms with Crippen LogP contribution < -0.4 is 0 Å². The van der Waals surface area contributed by atoms with E-state index in [1.807, 2.05) is 20.8 Å². The molecule has 0 bridgehead atoms. The van der Waals surface area contributed by atoms with E-state index in [0.29, 0.717) is 44.1 Å². The first-order chi connectivity index (χ1) is 30.3. The summed E-state index contributed by atoms with van der Waals surface area (Å²) >= 11 is 0. The molecule has 3 aliphatic heterocycles. The number of aliphatic hydroxyl groups excluding tert-OH is 8. The summed E-state index contributed by atoms with van der Waals surface area (Å²) in [6.07, 6.45) is -12.2. The summed E-state index contributed by atoms with van der Waals surface area (Å²) in [5, 5.41) is 112. The lowest BCUT2D eigenvalue weighted by atomic mass is 9.33. The fourth-order valence-electron chi connectivity index (χ4n) is 14.9. The van der Waals surface area contributed by atoms with Crippen LogP contribution in [0.2, 0.25) is 0 Å². The average molecular weight is 925 g/mol. The van der Waals surface area contributed by atoms with Gasteiger partial charge in [-0.1, -0.05) is 59.3 Å². The van der Waals surface area contributed by atoms with Crippen LogP contribution in [0.5, 0.6) is 0 Å². The van der Waals surface area contributed by atoms with Crippen LogP contribution >= 0.6 is 0 Å². The molecule has 0 radical (unpaired) electrons. The zero-order valence-corrected chi connectivity index (χ0v) is 38.7. The number of carbonyl (C=O) groups is 2. The van der Waals surface area contributed by atoms with Gasteiger partial charge in [0, 0.05) is 16.4 Å². The van der Waals surface area contributed by atoms with Crippen molar-refractivity contribution in [3.05, 3.63) is 23.3 Å². The molecule has 7 fully saturated rings. The van der Waals surface area contributed by atoms with Gasteiger partial charge in [0.05, 0.1) is 37.4 Å². The van der Waals surface area contributed by atoms with Crippen molar-refractivity contribution in [3.8, 4) is 0 Å². The summed E-state index contributed by atoms with van der Waals surface area (Å²) < 4.78 is 35.5. The summed E-state index contributed by atoms with van der Waals surface area (Å²) in [5.74, 6) is -5.39. The number of carboxylic acids is 1. The van der Waals surface area contributed by atoms with Crippen molar-refractivity contribution in [3.63, 3.8) is 0 Å². The van der Waals surface area contributed by atoms with Crippen molar-refractivity contribution >= 4 is 11.9 Å². The molecule has 0 amide bonds. The minimum absolute atomic E-state index is 0.0505. The highest BCUT2D eigenvalue weighted by molar-refractivity contribution is 5.87. The molecule has 0 aromatic rings. The molecular weight excluding hydrogens is 852 g/mol. The van der Waals surface area contributed by atoms with Crippen LogP contribution in [-0.2, 0) is 38.0 Å². The van der Waals surface area contributed by atoms with Gasteiger partial charge < -0.3 is 79.5 Å². The minimum atomic E-state index is -2.78. The zero-order chi connectivity index (χ0) is 47.8. The monoisotopic (exact) mass is 924 g/mol. The Morgan fingerprint density at radius 3 is 2.17 bits per heavy atom. The number of carboxylic acid groups (broad SMARTS) is 1. The van der Waals surface area contributed by atoms with Gasteiger partial charge in [0.1, 0.15) is 48.8 Å². The first kappa shape index (κ1) is 49.3. The highest BCUT2D eigenvalue weighted by Crippen LogP contribution is 2.76. The first-order valence-electron chi connectivity index (χ1n) is 23.3. The van der Waals surface area contributed by atoms with Crippen molar-refractivity contribution in [1.82, 2.24) is 0 Å². The number of allylic oxidation sites excluding steroid dienone is 3. The predicted molar refractivity (Wildman–Crippen MR) is 225 cm³/mol. The Morgan fingerprint density at radius 1 is 0.862 bits per heavy atom. The third-order valence-electron chi connectivity index (χ3n) is 19.1. The van der Waals surface area contributed by atoms with Crippen molar-refractivity contribution in [2.75, 3.05) is 19.8 Å². The molecule has 0 unspecified atom stereocenters. The Hall–Kier alpha value is -2.14. The number of esters is 1. The third-order valence-corrected chi connectivity index (χ3v) is 19.1. The zero-order valence-electron chi connectivity index (χ0n) is 38.7. The smallest absolute Gasteiger partial charge is 0.335 e. The lowest BCUT2D eigenvalue weighted by molar-refractivity contribution is -0.488. The summed E-state index contributed by atoms with van der Waals surface area (Å²) in [6.45, 7) is 14.4. The Kier molecular flexibility index (Phi) is 12.5. The normalized spacial score (nSPS) is 53.7. The fourth-order valence-corrected chi connectivity index (χ4v) is 14.9. The van der Waals surface area contributed by atoms with Crippen LogP contribution in [0.25, 0.3) is 0 Å². The third kappa shape index (κ3) is 6.78. The summed E-state index contributed by atoms with van der Waals surface area (Å²) in [5.41, 5.74) is -2.87. The number of carbonyl (C=O) groups excluding carboxylic acids is 1. The van der Waals surface area contributed by atoms with Crippen LogP contribution in [0.15, 0.2) is 23.3 Å². The standard InChI is InChI=1S/C47H72O18/c1-9-21(2)38(58)64-36-35(55)46(20-50)23(16-41(36,3)4)22-10-11-26-42(5)14-13-28(43(6,19-49)25(42)12-15-44(26,7)45(22,8)17-27(46)51)61-39-30(53)31-32(33(62-39)37(56)57)65-47(59)34(54)29(52)24(18-48)60-40(47)63-31/h9-10,23-36,39-40,48-55,59H,11-20H2,1-8H3,(H,56,57)/b21-9-/t23-,24+,25+,26+,27-,28-,29+,30+,31+,32-,33-,34-,35-,36-,39+,40+,42-,43-,44+,45+,46-,47-/m0/s1. The van der Waals surface area contributed by atoms with E-state index < -0.39 is 138 Å². The van der Waals surface area contributed by atoms with Crippen molar-refractivity contribution in [1.29, 1.82) is 0 Å². The van der Waals surface area contributed by atoms with Crippen molar-refractivity contribution in [2.24, 2.45) is 50.2 Å². The second kappa shape index (κ2) is 16.5. The molecule has 65 heavy (non-hydrogen) atoms. The van der Waals surface area contributed by atoms with Crippen LogP contribution in [0.4, 0.5) is 0 Å². The van der Waals surface area contributed by atoms with Gasteiger partial charge in [-0.15, -0.1) is 0 Å². The quantitative estimate of drug-likeness (QED) is 0.0692. The molecule has 0 aromatic heterocycles. The molecule has 3 heterocycles. The molecule has 0 spiro atoms. The van der Waals surface area contributed by atoms with E-state index in [9.17, 15) is 60.7 Å². The highest BCUT2D eigenvalue weighted by atomic mass is 16.8. The van der Waals surface area contributed by atoms with Gasteiger partial charge in [0.15, 0.2) is 12.4 Å². The lowest BCUT2D eigenvalue weighted by Crippen LogP contribution is -2.77. The Labute approximate surface area is 379 Å². The molecule has 8 rings (SSSR count). The summed E-state index contributed by atoms with van der Waals surface area (Å²) in [4.78, 5) is 25.7. The average Bonchev–Trinajstić information content (AvgIpc) is 3.25. The van der Waals surface area contributed by atoms with Crippen LogP contribution in [0.1, 0.15) is 100 Å². The van der Waals surface area contributed by atoms with Gasteiger partial charge in [0.25, 0.3) is 0 Å². The van der Waals surface area contributed by atoms with Gasteiger partial charge in [-0.2, -0.15) is 0 Å². The Morgan fingerprint density at radius 2 is 1.55 bits per heavy atom. The number of aliphatic carboxylic acids is 1. The Balaban J connectivity index is 1.06. The first-order valence-corrected chi connectivity index (χ1v) is 23.3. The molecule has 4 saturated carbocycles. The molecule has 22 atom stereocenters. The molecule has 18 nitrogen and oxygen atoms in total. The van der Waals surface area contributed by atoms with Crippen LogP contribution in [0, 0.1) is 50.2 Å². The molecule has 0 aromatic carbocycles. The molecular formula is C47H72O18. The minimum Gasteiger partial charge on any atom is -0.479 e. The number of hydrogen-bond donors (Lipinski definition) is 10. The summed E-state index contributed by atoms with van der Waals surface area (Å²) in [7, 11) is 0. The second-order valence-electron chi connectivity index (χ2n) is 22.4. The predicted octanol–water partition coefficient (Wildman–Crippen LogP) is 0.650. The maximum Gasteiger partial charge on any atom is 0.335 e. The number of hydrogen-bond acceptors (Lipinski definition) is 17. The SMILES string of the molecule is C/C=C(/C)C(=O)O[C@H]1[C@H](O)[C@]2(CO)[C@@H](O)C[C@]3(C)C(=CC[C@@H]4[C@@]5(C)CC[C@H](O[C@@H]6O[C@H](C(=O)O)[C@H]7O[C@]8(O)[C@@H](O[C@@H]7[C@H]6O)O[C@H](CO)[C@@H](O)[C@@H]8O)[C@@](C)(CO)[C@@H]5CC[C@]43C)[C@@H]2CC1(C)C. The number of fused-ring (bicyclic) bond motifs is 9. The van der Waals surface area contributed by atoms with Gasteiger partial charge >= 0.3 is 11.9 Å². The van der Waals surface area contributed by atoms with Crippen LogP contribution in [0.3, 0.4) is 0 Å². The van der Waals surface area contributed by atoms with E-state index in [1.54, 1.807) is 19.9 Å². The number of ether oxygens (including phenoxy) is 6. The maximum absolute atomic E-state index is 13.1. The molecule has 368 valence electrons. The number of rotatable bonds is 8. The fraction of sp³-hybridized carbons (Fsp3) is 0.872. The van der Waals surface area contributed by atoms with E-state index in [-0.39, 0.29) is 35.7 Å². The summed E-state index contributed by atoms with van der Waals surface area (Å²) in [6, 6.07) is 0. The number of aliphatic hydroxyl groups is 9. The van der Waals surface area contributed by atoms with Gasteiger partial charge in [-0.05, 0) is 92.8 Å². The maximum atomic E-state index is 13.1. The van der Waals surface area contributed by atoms with Gasteiger partial charge in [-0.25, -0.2) is 9.59 Å². The Bertz CT molecular complexity index is 1930. The van der Waals surface area contributed by atoms with Gasteiger partial charge in [0.2, 0.25) is 12.1 Å². The molecule has 8 aliphatic rings. The van der Waals surface area contributed by atoms with E-state index in [2.05, 4.69) is 26.8 Å². The van der Waals surface area contributed by atoms with E-state index in [1.165, 1.54) is 0 Å². The van der Waals surface area contributed by atoms with E-state index >= 15 is 0 Å². The topological polar surface area (TPSA) is 292 Å². The molecule has 5 aliphatic carbocycles. The van der Waals surface area contributed by atoms with E-state index in [0.717, 1.165) is 5.57 Å². The van der Waals surface area contributed by atoms with Gasteiger partial charge in [-0.3, -0.25) is 0 Å². The molecule has 3 saturated heterocycles.